The highest BCUT2D eigenvalue weighted by Crippen LogP contribution is 2.44. The number of hydrogen-bond acceptors (Lipinski definition) is 7. The molecule has 0 aromatic heterocycles. The molecule has 2 aliphatic heterocycles. The van der Waals surface area contributed by atoms with E-state index >= 15 is 0 Å². The van der Waals surface area contributed by atoms with Crippen LogP contribution < -0.4 is 15.0 Å². The smallest absolute Gasteiger partial charge is 0.387 e. The lowest BCUT2D eigenvalue weighted by Crippen LogP contribution is -2.51. The number of anilines is 2. The Morgan fingerprint density at radius 2 is 1.82 bits per heavy atom. The van der Waals surface area contributed by atoms with Gasteiger partial charge in [0, 0.05) is 24.3 Å². The van der Waals surface area contributed by atoms with Crippen LogP contribution in [0.4, 0.5) is 25.8 Å². The summed E-state index contributed by atoms with van der Waals surface area (Å²) in [6.45, 7) is -0.700. The standard InChI is InChI=1S/C29H28F2N4O4/c30-28(31)39-25-9-7-21(17-24(25)33-27(37)29(10-11-29)34-12-14-38-15-13-34)35-18-32-23-16-20(6-8-22(23)26(35)36)19-4-2-1-3-5-19/h1-9,16-18,26,28,36H,10-15H2,(H,33,37). The van der Waals surface area contributed by atoms with E-state index in [-0.39, 0.29) is 17.3 Å². The summed E-state index contributed by atoms with van der Waals surface area (Å²) in [5, 5.41) is 14.0. The Balaban J connectivity index is 1.27. The van der Waals surface area contributed by atoms with Crippen molar-refractivity contribution in [2.75, 3.05) is 36.5 Å². The number of hydrogen-bond donors (Lipinski definition) is 2. The number of aliphatic imine (C=N–C) groups is 1. The number of nitrogens with zero attached hydrogens (tertiary/aromatic N) is 3. The largest absolute Gasteiger partial charge is 0.433 e. The lowest BCUT2D eigenvalue weighted by Gasteiger charge is -2.34. The number of carbonyl (C=O) groups is 1. The Kier molecular flexibility index (Phi) is 6.76. The Labute approximate surface area is 224 Å². The molecule has 1 atom stereocenters. The third-order valence-electron chi connectivity index (χ3n) is 7.49. The zero-order valence-corrected chi connectivity index (χ0v) is 21.1. The summed E-state index contributed by atoms with van der Waals surface area (Å²) in [5.41, 5.74) is 3.12. The topological polar surface area (TPSA) is 86.6 Å². The number of morpholine rings is 1. The van der Waals surface area contributed by atoms with Crippen molar-refractivity contribution >= 4 is 29.3 Å². The van der Waals surface area contributed by atoms with Crippen LogP contribution in [0, 0.1) is 0 Å². The number of carbonyl (C=O) groups excluding carboxylic acids is 1. The van der Waals surface area contributed by atoms with Crippen LogP contribution in [0.2, 0.25) is 0 Å². The highest BCUT2D eigenvalue weighted by molar-refractivity contribution is 6.02. The van der Waals surface area contributed by atoms with E-state index in [0.717, 1.165) is 11.1 Å². The monoisotopic (exact) mass is 534 g/mol. The molecule has 8 nitrogen and oxygen atoms in total. The van der Waals surface area contributed by atoms with Crippen molar-refractivity contribution in [2.45, 2.75) is 31.2 Å². The first-order chi connectivity index (χ1) is 18.9. The number of halogens is 2. The molecule has 2 heterocycles. The average molecular weight is 535 g/mol. The van der Waals surface area contributed by atoms with Crippen molar-refractivity contribution in [3.8, 4) is 16.9 Å². The molecule has 10 heteroatoms. The predicted molar refractivity (Wildman–Crippen MR) is 144 cm³/mol. The van der Waals surface area contributed by atoms with Crippen molar-refractivity contribution in [1.82, 2.24) is 4.90 Å². The number of amides is 1. The van der Waals surface area contributed by atoms with E-state index in [1.165, 1.54) is 23.4 Å². The summed E-state index contributed by atoms with van der Waals surface area (Å²) in [7, 11) is 0. The zero-order valence-electron chi connectivity index (χ0n) is 21.1. The van der Waals surface area contributed by atoms with Gasteiger partial charge in [-0.05, 0) is 48.2 Å². The second kappa shape index (κ2) is 10.4. The number of aliphatic hydroxyl groups excluding tert-OH is 1. The van der Waals surface area contributed by atoms with Gasteiger partial charge in [0.25, 0.3) is 0 Å². The van der Waals surface area contributed by atoms with E-state index in [1.807, 2.05) is 48.5 Å². The van der Waals surface area contributed by atoms with Gasteiger partial charge in [-0.25, -0.2) is 4.99 Å². The van der Waals surface area contributed by atoms with Crippen LogP contribution in [0.3, 0.4) is 0 Å². The Morgan fingerprint density at radius 3 is 2.54 bits per heavy atom. The first kappa shape index (κ1) is 25.4. The molecule has 1 aliphatic carbocycles. The molecule has 1 unspecified atom stereocenters. The van der Waals surface area contributed by atoms with Crippen LogP contribution in [0.15, 0.2) is 71.7 Å². The molecule has 202 valence electrons. The van der Waals surface area contributed by atoms with Gasteiger partial charge in [-0.3, -0.25) is 9.69 Å². The van der Waals surface area contributed by atoms with Gasteiger partial charge in [0.2, 0.25) is 5.91 Å². The fourth-order valence-electron chi connectivity index (χ4n) is 5.24. The Hall–Kier alpha value is -3.86. The van der Waals surface area contributed by atoms with Crippen LogP contribution in [-0.4, -0.2) is 60.7 Å². The van der Waals surface area contributed by atoms with Crippen LogP contribution in [0.5, 0.6) is 5.75 Å². The van der Waals surface area contributed by atoms with Crippen LogP contribution in [-0.2, 0) is 9.53 Å². The Bertz CT molecular complexity index is 1390. The average Bonchev–Trinajstić information content (AvgIpc) is 3.77. The summed E-state index contributed by atoms with van der Waals surface area (Å²) in [6, 6.07) is 19.9. The van der Waals surface area contributed by atoms with Gasteiger partial charge in [-0.15, -0.1) is 0 Å². The molecule has 1 saturated carbocycles. The minimum Gasteiger partial charge on any atom is -0.433 e. The molecule has 0 radical (unpaired) electrons. The molecule has 6 rings (SSSR count). The highest BCUT2D eigenvalue weighted by Gasteiger charge is 2.54. The Morgan fingerprint density at radius 1 is 1.05 bits per heavy atom. The molecule has 1 amide bonds. The van der Waals surface area contributed by atoms with Crippen molar-refractivity contribution in [1.29, 1.82) is 0 Å². The maximum Gasteiger partial charge on any atom is 0.387 e. The maximum atomic E-state index is 13.4. The number of benzene rings is 3. The molecule has 2 fully saturated rings. The summed E-state index contributed by atoms with van der Waals surface area (Å²) >= 11 is 0. The lowest BCUT2D eigenvalue weighted by molar-refractivity contribution is -0.124. The minimum absolute atomic E-state index is 0.100. The van der Waals surface area contributed by atoms with E-state index in [2.05, 4.69) is 15.2 Å². The molecule has 39 heavy (non-hydrogen) atoms. The van der Waals surface area contributed by atoms with Gasteiger partial charge < -0.3 is 24.8 Å². The van der Waals surface area contributed by atoms with E-state index in [1.54, 1.807) is 6.07 Å². The molecule has 2 N–H and O–H groups in total. The highest BCUT2D eigenvalue weighted by atomic mass is 19.3. The molecule has 3 aromatic carbocycles. The van der Waals surface area contributed by atoms with Gasteiger partial charge in [-0.1, -0.05) is 42.5 Å². The number of aliphatic hydroxyl groups is 1. The SMILES string of the molecule is O=C(Nc1cc(N2C=Nc3cc(-c4ccccc4)ccc3C2O)ccc1OC(F)F)C1(N2CCOCC2)CC1. The molecule has 1 saturated heterocycles. The summed E-state index contributed by atoms with van der Waals surface area (Å²) in [4.78, 5) is 21.5. The minimum atomic E-state index is -3.06. The van der Waals surface area contributed by atoms with Gasteiger partial charge >= 0.3 is 6.61 Å². The van der Waals surface area contributed by atoms with E-state index in [4.69, 9.17) is 9.47 Å². The summed E-state index contributed by atoms with van der Waals surface area (Å²) in [5.74, 6) is -0.427. The first-order valence-corrected chi connectivity index (χ1v) is 12.9. The third kappa shape index (κ3) is 4.98. The van der Waals surface area contributed by atoms with E-state index in [9.17, 15) is 18.7 Å². The first-order valence-electron chi connectivity index (χ1n) is 12.9. The molecule has 3 aromatic rings. The van der Waals surface area contributed by atoms with Crippen LogP contribution >= 0.6 is 0 Å². The van der Waals surface area contributed by atoms with Crippen molar-refractivity contribution in [3.05, 3.63) is 72.3 Å². The molecular weight excluding hydrogens is 506 g/mol. The van der Waals surface area contributed by atoms with Crippen molar-refractivity contribution < 1.29 is 28.2 Å². The van der Waals surface area contributed by atoms with Crippen LogP contribution in [0.25, 0.3) is 11.1 Å². The van der Waals surface area contributed by atoms with Crippen molar-refractivity contribution in [3.63, 3.8) is 0 Å². The lowest BCUT2D eigenvalue weighted by atomic mass is 10.0. The molecule has 3 aliphatic rings. The fraction of sp³-hybridized carbons (Fsp3) is 0.310. The third-order valence-corrected chi connectivity index (χ3v) is 7.49. The second-order valence-corrected chi connectivity index (χ2v) is 9.81. The second-order valence-electron chi connectivity index (χ2n) is 9.81. The van der Waals surface area contributed by atoms with Gasteiger partial charge in [0.1, 0.15) is 11.3 Å². The number of fused-ring (bicyclic) bond motifs is 1. The molecular formula is C29H28F2N4O4. The van der Waals surface area contributed by atoms with Gasteiger partial charge in [0.15, 0.2) is 6.23 Å². The van der Waals surface area contributed by atoms with Gasteiger partial charge in [0.05, 0.1) is 30.9 Å². The fourth-order valence-corrected chi connectivity index (χ4v) is 5.24. The number of rotatable bonds is 7. The number of alkyl halides is 2. The number of nitrogens with one attached hydrogen (secondary N) is 1. The summed E-state index contributed by atoms with van der Waals surface area (Å²) < 4.78 is 36.5. The van der Waals surface area contributed by atoms with E-state index < -0.39 is 18.4 Å². The number of ether oxygens (including phenoxy) is 2. The normalized spacial score (nSPS) is 20.0. The quantitative estimate of drug-likeness (QED) is 0.447. The molecule has 0 bridgehead atoms. The van der Waals surface area contributed by atoms with Crippen molar-refractivity contribution in [2.24, 2.45) is 4.99 Å². The van der Waals surface area contributed by atoms with E-state index in [0.29, 0.717) is 56.1 Å². The molecule has 0 spiro atoms. The maximum absolute atomic E-state index is 13.4. The summed E-state index contributed by atoms with van der Waals surface area (Å²) in [6.07, 6.45) is 1.79. The van der Waals surface area contributed by atoms with Gasteiger partial charge in [-0.2, -0.15) is 8.78 Å². The zero-order chi connectivity index (χ0) is 27.0. The predicted octanol–water partition coefficient (Wildman–Crippen LogP) is 4.93. The van der Waals surface area contributed by atoms with Crippen LogP contribution in [0.1, 0.15) is 24.6 Å².